The van der Waals surface area contributed by atoms with Crippen LogP contribution in [-0.2, 0) is 11.3 Å². The average Bonchev–Trinajstić information content (AvgIpc) is 2.78. The van der Waals surface area contributed by atoms with Gasteiger partial charge in [-0.1, -0.05) is 0 Å². The molecule has 0 aliphatic carbocycles. The molecule has 1 amide bonds. The number of aliphatic hydroxyl groups is 1. The van der Waals surface area contributed by atoms with E-state index in [1.165, 1.54) is 0 Å². The molecule has 0 fully saturated rings. The van der Waals surface area contributed by atoms with Crippen molar-refractivity contribution in [2.75, 3.05) is 20.2 Å². The van der Waals surface area contributed by atoms with E-state index in [4.69, 9.17) is 9.52 Å². The highest BCUT2D eigenvalue weighted by Gasteiger charge is 2.17. The van der Waals surface area contributed by atoms with Crippen molar-refractivity contribution in [1.82, 2.24) is 10.2 Å². The van der Waals surface area contributed by atoms with Crippen LogP contribution >= 0.6 is 0 Å². The minimum atomic E-state index is -0.262. The van der Waals surface area contributed by atoms with Crippen LogP contribution in [0.25, 0.3) is 0 Å². The molecule has 1 heterocycles. The van der Waals surface area contributed by atoms with E-state index in [0.717, 1.165) is 5.76 Å². The quantitative estimate of drug-likeness (QED) is 0.727. The van der Waals surface area contributed by atoms with Gasteiger partial charge in [0.2, 0.25) is 5.91 Å². The molecule has 0 radical (unpaired) electrons. The molecule has 0 aromatic carbocycles. The van der Waals surface area contributed by atoms with Crippen LogP contribution in [0.15, 0.2) is 22.8 Å². The Kier molecular flexibility index (Phi) is 5.01. The number of carbonyl (C=O) groups excluding carboxylic acids is 1. The van der Waals surface area contributed by atoms with E-state index in [2.05, 4.69) is 5.32 Å². The molecule has 0 spiro atoms. The lowest BCUT2D eigenvalue weighted by Gasteiger charge is -2.22. The number of hydrogen-bond donors (Lipinski definition) is 2. The Bertz CT molecular complexity index is 311. The molecule has 5 heteroatoms. The summed E-state index contributed by atoms with van der Waals surface area (Å²) in [5.41, 5.74) is 0. The SMILES string of the molecule is CC(C(=O)NCc1ccco1)N(C)CCO. The van der Waals surface area contributed by atoms with Gasteiger partial charge in [0, 0.05) is 6.54 Å². The Morgan fingerprint density at radius 1 is 1.69 bits per heavy atom. The number of carbonyl (C=O) groups is 1. The number of hydrogen-bond acceptors (Lipinski definition) is 4. The summed E-state index contributed by atoms with van der Waals surface area (Å²) in [5.74, 6) is 0.651. The molecule has 0 bridgehead atoms. The summed E-state index contributed by atoms with van der Waals surface area (Å²) in [6.45, 7) is 2.72. The Hall–Kier alpha value is -1.33. The number of likely N-dealkylation sites (N-methyl/N-ethyl adjacent to an activating group) is 1. The van der Waals surface area contributed by atoms with Crippen molar-refractivity contribution in [3.63, 3.8) is 0 Å². The maximum atomic E-state index is 11.7. The highest BCUT2D eigenvalue weighted by Crippen LogP contribution is 2.00. The largest absolute Gasteiger partial charge is 0.467 e. The van der Waals surface area contributed by atoms with Gasteiger partial charge in [-0.3, -0.25) is 9.69 Å². The highest BCUT2D eigenvalue weighted by atomic mass is 16.3. The highest BCUT2D eigenvalue weighted by molar-refractivity contribution is 5.81. The zero-order valence-corrected chi connectivity index (χ0v) is 9.64. The molecule has 0 aliphatic heterocycles. The summed E-state index contributed by atoms with van der Waals surface area (Å²) in [4.78, 5) is 13.5. The van der Waals surface area contributed by atoms with E-state index in [1.54, 1.807) is 31.2 Å². The van der Waals surface area contributed by atoms with Crippen LogP contribution in [-0.4, -0.2) is 42.2 Å². The third kappa shape index (κ3) is 3.67. The molecular formula is C11H18N2O3. The van der Waals surface area contributed by atoms with Crippen molar-refractivity contribution in [3.05, 3.63) is 24.2 Å². The first-order valence-electron chi connectivity index (χ1n) is 5.26. The number of nitrogens with zero attached hydrogens (tertiary/aromatic N) is 1. The lowest BCUT2D eigenvalue weighted by atomic mass is 10.2. The minimum Gasteiger partial charge on any atom is -0.467 e. The first kappa shape index (κ1) is 12.7. The second kappa shape index (κ2) is 6.30. The molecule has 1 aromatic heterocycles. The first-order chi connectivity index (χ1) is 7.65. The van der Waals surface area contributed by atoms with Crippen molar-refractivity contribution in [2.45, 2.75) is 19.5 Å². The fraction of sp³-hybridized carbons (Fsp3) is 0.545. The Balaban J connectivity index is 2.34. The molecule has 16 heavy (non-hydrogen) atoms. The van der Waals surface area contributed by atoms with E-state index in [-0.39, 0.29) is 18.6 Å². The predicted octanol–water partition coefficient (Wildman–Crippen LogP) is 0.208. The van der Waals surface area contributed by atoms with Crippen LogP contribution in [0.4, 0.5) is 0 Å². The number of amides is 1. The van der Waals surface area contributed by atoms with Crippen LogP contribution < -0.4 is 5.32 Å². The van der Waals surface area contributed by atoms with Crippen molar-refractivity contribution in [1.29, 1.82) is 0 Å². The smallest absolute Gasteiger partial charge is 0.237 e. The average molecular weight is 226 g/mol. The first-order valence-corrected chi connectivity index (χ1v) is 5.26. The van der Waals surface area contributed by atoms with Gasteiger partial charge in [0.05, 0.1) is 25.5 Å². The van der Waals surface area contributed by atoms with Crippen LogP contribution in [0.5, 0.6) is 0 Å². The molecule has 1 rings (SSSR count). The number of furan rings is 1. The molecule has 5 nitrogen and oxygen atoms in total. The van der Waals surface area contributed by atoms with Gasteiger partial charge in [0.15, 0.2) is 0 Å². The van der Waals surface area contributed by atoms with E-state index in [0.29, 0.717) is 13.1 Å². The van der Waals surface area contributed by atoms with Crippen LogP contribution in [0.3, 0.4) is 0 Å². The van der Waals surface area contributed by atoms with Gasteiger partial charge < -0.3 is 14.8 Å². The van der Waals surface area contributed by atoms with Crippen molar-refractivity contribution in [2.24, 2.45) is 0 Å². The molecule has 1 atom stereocenters. The summed E-state index contributed by atoms with van der Waals surface area (Å²) in [7, 11) is 1.80. The summed E-state index contributed by atoms with van der Waals surface area (Å²) >= 11 is 0. The van der Waals surface area contributed by atoms with Crippen molar-refractivity contribution >= 4 is 5.91 Å². The lowest BCUT2D eigenvalue weighted by Crippen LogP contribution is -2.43. The van der Waals surface area contributed by atoms with Crippen LogP contribution in [0.1, 0.15) is 12.7 Å². The normalized spacial score (nSPS) is 12.8. The molecule has 2 N–H and O–H groups in total. The predicted molar refractivity (Wildman–Crippen MR) is 59.7 cm³/mol. The Morgan fingerprint density at radius 3 is 3.00 bits per heavy atom. The topological polar surface area (TPSA) is 65.7 Å². The third-order valence-electron chi connectivity index (χ3n) is 2.51. The standard InChI is InChI=1S/C11H18N2O3/c1-9(13(2)5-6-14)11(15)12-8-10-4-3-7-16-10/h3-4,7,9,14H,5-6,8H2,1-2H3,(H,12,15). The zero-order valence-electron chi connectivity index (χ0n) is 9.64. The summed E-state index contributed by atoms with van der Waals surface area (Å²) in [5, 5.41) is 11.5. The third-order valence-corrected chi connectivity index (χ3v) is 2.51. The van der Waals surface area contributed by atoms with E-state index < -0.39 is 0 Å². The molecular weight excluding hydrogens is 208 g/mol. The lowest BCUT2D eigenvalue weighted by molar-refractivity contribution is -0.125. The van der Waals surface area contributed by atoms with Gasteiger partial charge in [-0.05, 0) is 26.1 Å². The maximum absolute atomic E-state index is 11.7. The van der Waals surface area contributed by atoms with Crippen LogP contribution in [0.2, 0.25) is 0 Å². The van der Waals surface area contributed by atoms with Gasteiger partial charge in [0.1, 0.15) is 5.76 Å². The van der Waals surface area contributed by atoms with E-state index in [1.807, 2.05) is 6.07 Å². The molecule has 1 aromatic rings. The number of nitrogens with one attached hydrogen (secondary N) is 1. The summed E-state index contributed by atoms with van der Waals surface area (Å²) < 4.78 is 5.10. The Labute approximate surface area is 95.0 Å². The molecule has 0 aliphatic rings. The van der Waals surface area contributed by atoms with Crippen molar-refractivity contribution in [3.8, 4) is 0 Å². The van der Waals surface area contributed by atoms with Gasteiger partial charge >= 0.3 is 0 Å². The molecule has 0 saturated carbocycles. The fourth-order valence-corrected chi connectivity index (χ4v) is 1.29. The van der Waals surface area contributed by atoms with Gasteiger partial charge in [-0.2, -0.15) is 0 Å². The zero-order chi connectivity index (χ0) is 12.0. The molecule has 1 unspecified atom stereocenters. The van der Waals surface area contributed by atoms with E-state index >= 15 is 0 Å². The van der Waals surface area contributed by atoms with Crippen molar-refractivity contribution < 1.29 is 14.3 Å². The summed E-state index contributed by atoms with van der Waals surface area (Å²) in [6.07, 6.45) is 1.57. The van der Waals surface area contributed by atoms with Gasteiger partial charge in [-0.25, -0.2) is 0 Å². The number of aliphatic hydroxyl groups excluding tert-OH is 1. The van der Waals surface area contributed by atoms with E-state index in [9.17, 15) is 4.79 Å². The minimum absolute atomic E-state index is 0.0479. The maximum Gasteiger partial charge on any atom is 0.237 e. The number of rotatable bonds is 6. The van der Waals surface area contributed by atoms with Gasteiger partial charge in [-0.15, -0.1) is 0 Å². The monoisotopic (exact) mass is 226 g/mol. The summed E-state index contributed by atoms with van der Waals surface area (Å²) in [6, 6.07) is 3.33. The Morgan fingerprint density at radius 2 is 2.44 bits per heavy atom. The fourth-order valence-electron chi connectivity index (χ4n) is 1.29. The second-order valence-electron chi connectivity index (χ2n) is 3.68. The molecule has 90 valence electrons. The second-order valence-corrected chi connectivity index (χ2v) is 3.68. The van der Waals surface area contributed by atoms with Gasteiger partial charge in [0.25, 0.3) is 0 Å². The molecule has 0 saturated heterocycles. The van der Waals surface area contributed by atoms with Crippen LogP contribution in [0, 0.1) is 0 Å².